The summed E-state index contributed by atoms with van der Waals surface area (Å²) in [6, 6.07) is 1.70. The zero-order valence-electron chi connectivity index (χ0n) is 11.5. The van der Waals surface area contributed by atoms with Crippen LogP contribution in [0.5, 0.6) is 0 Å². The van der Waals surface area contributed by atoms with Crippen LogP contribution >= 0.6 is 23.2 Å². The molecule has 114 valence electrons. The van der Waals surface area contributed by atoms with Gasteiger partial charge < -0.3 is 10.4 Å². The lowest BCUT2D eigenvalue weighted by Gasteiger charge is -2.36. The lowest BCUT2D eigenvalue weighted by atomic mass is 9.74. The van der Waals surface area contributed by atoms with Gasteiger partial charge in [0.15, 0.2) is 0 Å². The third kappa shape index (κ3) is 2.97. The van der Waals surface area contributed by atoms with Crippen molar-refractivity contribution in [1.82, 2.24) is 0 Å². The number of anilines is 1. The Balaban J connectivity index is 1.83. The van der Waals surface area contributed by atoms with Crippen molar-refractivity contribution in [2.75, 3.05) is 18.5 Å². The van der Waals surface area contributed by atoms with Crippen LogP contribution in [0.4, 0.5) is 17.1 Å². The van der Waals surface area contributed by atoms with Gasteiger partial charge in [-0.2, -0.15) is 8.73 Å². The molecule has 21 heavy (non-hydrogen) atoms. The van der Waals surface area contributed by atoms with Crippen LogP contribution in [0.3, 0.4) is 0 Å². The van der Waals surface area contributed by atoms with E-state index in [1.807, 2.05) is 0 Å². The van der Waals surface area contributed by atoms with Gasteiger partial charge in [0.25, 0.3) is 0 Å². The van der Waals surface area contributed by atoms with Gasteiger partial charge in [0.1, 0.15) is 11.4 Å². The van der Waals surface area contributed by atoms with Crippen LogP contribution in [0.25, 0.3) is 0 Å². The quantitative estimate of drug-likeness (QED) is 0.812. The molecule has 0 radical (unpaired) electrons. The van der Waals surface area contributed by atoms with E-state index in [0.717, 1.165) is 29.9 Å². The molecule has 1 heterocycles. The average molecular weight is 346 g/mol. The molecule has 1 aromatic rings. The third-order valence-corrected chi connectivity index (χ3v) is 5.45. The Hall–Kier alpha value is -0.620. The van der Waals surface area contributed by atoms with E-state index >= 15 is 0 Å². The smallest absolute Gasteiger partial charge is 0.130 e. The van der Waals surface area contributed by atoms with Gasteiger partial charge in [0.05, 0.1) is 33.7 Å². The highest BCUT2D eigenvalue weighted by Gasteiger charge is 2.32. The molecule has 2 N–H and O–H groups in total. The van der Waals surface area contributed by atoms with E-state index in [1.165, 1.54) is 19.3 Å². The normalized spacial score (nSPS) is 19.2. The van der Waals surface area contributed by atoms with Crippen molar-refractivity contribution < 1.29 is 5.11 Å². The van der Waals surface area contributed by atoms with Gasteiger partial charge in [-0.05, 0) is 18.9 Å². The van der Waals surface area contributed by atoms with Crippen molar-refractivity contribution in [2.45, 2.75) is 32.1 Å². The number of nitrogens with one attached hydrogen (secondary N) is 1. The fraction of sp³-hybridized carbons (Fsp3) is 0.571. The monoisotopic (exact) mass is 345 g/mol. The summed E-state index contributed by atoms with van der Waals surface area (Å²) in [5, 5.41) is 14.2. The minimum Gasteiger partial charge on any atom is -0.396 e. The standard InChI is InChI=1S/C14H17Cl2N3OS/c15-9-6-10(16)12-13(19-21-18-12)11(9)17-7-14(8-20)4-2-1-3-5-14/h6,17,20H,1-5,7-8H2. The number of aliphatic hydroxyl groups excluding tert-OH is 1. The molecule has 1 aliphatic carbocycles. The van der Waals surface area contributed by atoms with Crippen molar-refractivity contribution in [3.05, 3.63) is 16.1 Å². The van der Waals surface area contributed by atoms with Crippen molar-refractivity contribution in [1.29, 1.82) is 0 Å². The Morgan fingerprint density at radius 1 is 1.14 bits per heavy atom. The number of nitrogens with zero attached hydrogens (tertiary/aromatic N) is 2. The third-order valence-electron chi connectivity index (χ3n) is 4.33. The van der Waals surface area contributed by atoms with Gasteiger partial charge in [-0.25, -0.2) is 0 Å². The fourth-order valence-electron chi connectivity index (χ4n) is 3.01. The molecule has 3 rings (SSSR count). The van der Waals surface area contributed by atoms with E-state index in [2.05, 4.69) is 14.0 Å². The van der Waals surface area contributed by atoms with Gasteiger partial charge in [-0.15, -0.1) is 0 Å². The Bertz CT molecular complexity index is 623. The van der Waals surface area contributed by atoms with E-state index < -0.39 is 0 Å². The average Bonchev–Trinajstić information content (AvgIpc) is 2.98. The van der Waals surface area contributed by atoms with E-state index in [-0.39, 0.29) is 12.0 Å². The first-order valence-corrected chi connectivity index (χ1v) is 8.59. The first-order valence-electron chi connectivity index (χ1n) is 7.10. The predicted molar refractivity (Wildman–Crippen MR) is 89.1 cm³/mol. The highest BCUT2D eigenvalue weighted by atomic mass is 35.5. The molecule has 4 nitrogen and oxygen atoms in total. The van der Waals surface area contributed by atoms with Gasteiger partial charge >= 0.3 is 0 Å². The van der Waals surface area contributed by atoms with Crippen LogP contribution in [0, 0.1) is 5.41 Å². The molecule has 1 aromatic carbocycles. The topological polar surface area (TPSA) is 57.0 Å². The summed E-state index contributed by atoms with van der Waals surface area (Å²) in [5.41, 5.74) is 2.09. The SMILES string of the molecule is OCC1(CNc2c(Cl)cc(Cl)c3c2N=S=N3)CCCCC1. The second-order valence-corrected chi connectivity index (χ2v) is 7.09. The number of hydrogen-bond acceptors (Lipinski definition) is 4. The molecule has 2 aliphatic rings. The maximum absolute atomic E-state index is 9.79. The Morgan fingerprint density at radius 3 is 2.57 bits per heavy atom. The second-order valence-electron chi connectivity index (χ2n) is 5.75. The molecule has 7 heteroatoms. The van der Waals surface area contributed by atoms with E-state index in [4.69, 9.17) is 23.2 Å². The minimum absolute atomic E-state index is 0.0585. The van der Waals surface area contributed by atoms with Crippen LogP contribution in [0.15, 0.2) is 14.8 Å². The van der Waals surface area contributed by atoms with E-state index in [1.54, 1.807) is 6.07 Å². The summed E-state index contributed by atoms with van der Waals surface area (Å²) < 4.78 is 8.49. The molecule has 0 atom stereocenters. The van der Waals surface area contributed by atoms with Crippen LogP contribution < -0.4 is 5.32 Å². The van der Waals surface area contributed by atoms with Crippen LogP contribution in [0.2, 0.25) is 10.0 Å². The number of benzene rings is 1. The number of fused-ring (bicyclic) bond motifs is 1. The summed E-state index contributed by atoms with van der Waals surface area (Å²) in [6.45, 7) is 0.890. The molecule has 0 amide bonds. The zero-order valence-corrected chi connectivity index (χ0v) is 13.9. The molecular weight excluding hydrogens is 329 g/mol. The van der Waals surface area contributed by atoms with Crippen molar-refractivity contribution in [3.63, 3.8) is 0 Å². The number of hydrogen-bond donors (Lipinski definition) is 2. The van der Waals surface area contributed by atoms with Crippen LogP contribution in [0.1, 0.15) is 32.1 Å². The van der Waals surface area contributed by atoms with Crippen LogP contribution in [-0.2, 0) is 11.4 Å². The minimum atomic E-state index is -0.0585. The largest absolute Gasteiger partial charge is 0.396 e. The van der Waals surface area contributed by atoms with Crippen LogP contribution in [-0.4, -0.2) is 18.3 Å². The molecule has 0 aromatic heterocycles. The summed E-state index contributed by atoms with van der Waals surface area (Å²) in [4.78, 5) is 0. The predicted octanol–water partition coefficient (Wildman–Crippen LogP) is 5.07. The van der Waals surface area contributed by atoms with Crippen molar-refractivity contribution in [2.24, 2.45) is 14.1 Å². The van der Waals surface area contributed by atoms with Gasteiger partial charge in [-0.3, -0.25) is 0 Å². The highest BCUT2D eigenvalue weighted by Crippen LogP contribution is 2.48. The van der Waals surface area contributed by atoms with Gasteiger partial charge in [0.2, 0.25) is 0 Å². The lowest BCUT2D eigenvalue weighted by molar-refractivity contribution is 0.0944. The Labute approximate surface area is 137 Å². The maximum atomic E-state index is 9.79. The molecule has 1 saturated carbocycles. The van der Waals surface area contributed by atoms with Crippen molar-refractivity contribution >= 4 is 51.6 Å². The number of rotatable bonds is 4. The van der Waals surface area contributed by atoms with Crippen molar-refractivity contribution in [3.8, 4) is 0 Å². The summed E-state index contributed by atoms with van der Waals surface area (Å²) in [5.74, 6) is 0. The molecule has 0 unspecified atom stereocenters. The second kappa shape index (κ2) is 6.24. The summed E-state index contributed by atoms with van der Waals surface area (Å²) >= 11 is 13.6. The molecule has 0 saturated heterocycles. The van der Waals surface area contributed by atoms with Gasteiger partial charge in [-0.1, -0.05) is 42.5 Å². The van der Waals surface area contributed by atoms with Gasteiger partial charge in [0, 0.05) is 12.0 Å². The maximum Gasteiger partial charge on any atom is 0.130 e. The van der Waals surface area contributed by atoms with E-state index in [9.17, 15) is 5.11 Å². The number of halogens is 2. The Kier molecular flexibility index (Phi) is 4.54. The summed E-state index contributed by atoms with van der Waals surface area (Å²) in [7, 11) is 0. The molecule has 1 aliphatic heterocycles. The molecular formula is C14H17Cl2N3OS. The first kappa shape index (κ1) is 15.3. The number of aliphatic hydroxyl groups is 1. The Morgan fingerprint density at radius 2 is 1.86 bits per heavy atom. The molecule has 0 bridgehead atoms. The lowest BCUT2D eigenvalue weighted by Crippen LogP contribution is -2.35. The molecule has 1 fully saturated rings. The highest BCUT2D eigenvalue weighted by molar-refractivity contribution is 7.58. The fourth-order valence-corrected chi connectivity index (χ4v) is 4.19. The molecule has 0 spiro atoms. The van der Waals surface area contributed by atoms with E-state index in [0.29, 0.717) is 28.0 Å². The summed E-state index contributed by atoms with van der Waals surface area (Å²) in [6.07, 6.45) is 5.68. The zero-order chi connectivity index (χ0) is 14.9. The first-order chi connectivity index (χ1) is 10.2.